The van der Waals surface area contributed by atoms with Crippen molar-refractivity contribution in [1.29, 1.82) is 0 Å². The highest BCUT2D eigenvalue weighted by atomic mass is 16.3. The number of aliphatic hydroxyl groups excluding tert-OH is 2. The molecule has 0 aromatic carbocycles. The van der Waals surface area contributed by atoms with Crippen LogP contribution in [-0.2, 0) is 0 Å². The van der Waals surface area contributed by atoms with Crippen molar-refractivity contribution in [3.63, 3.8) is 0 Å². The van der Waals surface area contributed by atoms with Gasteiger partial charge in [0.1, 0.15) is 0 Å². The Labute approximate surface area is 147 Å². The van der Waals surface area contributed by atoms with Gasteiger partial charge in [0.15, 0.2) is 0 Å². The molecule has 24 heavy (non-hydrogen) atoms. The van der Waals surface area contributed by atoms with E-state index in [-0.39, 0.29) is 23.0 Å². The van der Waals surface area contributed by atoms with Crippen molar-refractivity contribution in [2.45, 2.75) is 77.4 Å². The predicted molar refractivity (Wildman–Crippen MR) is 97.4 cm³/mol. The van der Waals surface area contributed by atoms with Gasteiger partial charge in [-0.15, -0.1) is 6.58 Å². The number of fused-ring (bicyclic) bond motifs is 5. The highest BCUT2D eigenvalue weighted by molar-refractivity contribution is 5.26. The average Bonchev–Trinajstić information content (AvgIpc) is 2.85. The van der Waals surface area contributed by atoms with E-state index < -0.39 is 0 Å². The zero-order valence-electron chi connectivity index (χ0n) is 15.4. The summed E-state index contributed by atoms with van der Waals surface area (Å²) >= 11 is 0. The summed E-state index contributed by atoms with van der Waals surface area (Å²) in [6.07, 6.45) is 12.9. The van der Waals surface area contributed by atoms with Gasteiger partial charge in [0, 0.05) is 0 Å². The van der Waals surface area contributed by atoms with Crippen molar-refractivity contribution < 1.29 is 10.2 Å². The zero-order chi connectivity index (χ0) is 17.1. The molecule has 2 nitrogen and oxygen atoms in total. The van der Waals surface area contributed by atoms with E-state index in [0.717, 1.165) is 37.5 Å². The average molecular weight is 331 g/mol. The quantitative estimate of drug-likeness (QED) is 0.733. The minimum Gasteiger partial charge on any atom is -0.393 e. The van der Waals surface area contributed by atoms with Crippen molar-refractivity contribution in [3.05, 3.63) is 24.3 Å². The largest absolute Gasteiger partial charge is 0.393 e. The van der Waals surface area contributed by atoms with Crippen LogP contribution in [0.25, 0.3) is 0 Å². The standard InChI is InChI=1S/C22H34O2/c1-4-5-14-13-22(3)15(12-19(14)23)6-7-16-17-8-9-20(24)21(17,2)11-10-18(16)22/h4,6,14,16-20,23-24H,1,5,7-13H2,2-3H3/t14-,16+,17+,18+,19-,20+,21+,22+/m1/s1. The van der Waals surface area contributed by atoms with E-state index in [0.29, 0.717) is 11.8 Å². The van der Waals surface area contributed by atoms with Crippen LogP contribution < -0.4 is 0 Å². The third-order valence-corrected chi connectivity index (χ3v) is 8.70. The molecule has 0 aromatic rings. The lowest BCUT2D eigenvalue weighted by Crippen LogP contribution is -2.52. The molecule has 0 aromatic heterocycles. The third kappa shape index (κ3) is 2.22. The third-order valence-electron chi connectivity index (χ3n) is 8.70. The Bertz CT molecular complexity index is 552. The van der Waals surface area contributed by atoms with Crippen LogP contribution in [-0.4, -0.2) is 22.4 Å². The van der Waals surface area contributed by atoms with Gasteiger partial charge in [0.05, 0.1) is 12.2 Å². The van der Waals surface area contributed by atoms with Crippen molar-refractivity contribution in [3.8, 4) is 0 Å². The summed E-state index contributed by atoms with van der Waals surface area (Å²) in [7, 11) is 0. The maximum absolute atomic E-state index is 10.6. The first-order valence-electron chi connectivity index (χ1n) is 10.1. The Morgan fingerprint density at radius 3 is 2.75 bits per heavy atom. The molecule has 4 aliphatic carbocycles. The zero-order valence-corrected chi connectivity index (χ0v) is 15.4. The molecule has 2 N–H and O–H groups in total. The smallest absolute Gasteiger partial charge is 0.0608 e. The Hall–Kier alpha value is -0.600. The lowest BCUT2D eigenvalue weighted by molar-refractivity contribution is -0.0796. The lowest BCUT2D eigenvalue weighted by atomic mass is 9.47. The lowest BCUT2D eigenvalue weighted by Gasteiger charge is -2.58. The topological polar surface area (TPSA) is 40.5 Å². The summed E-state index contributed by atoms with van der Waals surface area (Å²) in [6, 6.07) is 0. The van der Waals surface area contributed by atoms with E-state index in [1.54, 1.807) is 0 Å². The Kier molecular flexibility index (Phi) is 4.01. The summed E-state index contributed by atoms with van der Waals surface area (Å²) in [5.74, 6) is 2.52. The van der Waals surface area contributed by atoms with Crippen LogP contribution in [0, 0.1) is 34.5 Å². The minimum atomic E-state index is -0.193. The van der Waals surface area contributed by atoms with E-state index in [4.69, 9.17) is 0 Å². The fourth-order valence-corrected chi connectivity index (χ4v) is 7.26. The molecule has 0 saturated heterocycles. The van der Waals surface area contributed by atoms with Gasteiger partial charge < -0.3 is 10.2 Å². The molecule has 4 rings (SSSR count). The number of hydrogen-bond donors (Lipinski definition) is 2. The first kappa shape index (κ1) is 16.8. The van der Waals surface area contributed by atoms with Crippen molar-refractivity contribution in [2.24, 2.45) is 34.5 Å². The second kappa shape index (κ2) is 5.71. The van der Waals surface area contributed by atoms with Crippen LogP contribution in [0.3, 0.4) is 0 Å². The van der Waals surface area contributed by atoms with Crippen LogP contribution in [0.1, 0.15) is 65.2 Å². The number of rotatable bonds is 2. The molecule has 0 amide bonds. The summed E-state index contributed by atoms with van der Waals surface area (Å²) in [5.41, 5.74) is 1.93. The fraction of sp³-hybridized carbons (Fsp3) is 0.818. The highest BCUT2D eigenvalue weighted by Gasteiger charge is 2.59. The van der Waals surface area contributed by atoms with Crippen LogP contribution >= 0.6 is 0 Å². The van der Waals surface area contributed by atoms with Gasteiger partial charge in [0.2, 0.25) is 0 Å². The molecule has 3 fully saturated rings. The second-order valence-electron chi connectivity index (χ2n) is 9.66. The van der Waals surface area contributed by atoms with E-state index in [2.05, 4.69) is 26.5 Å². The van der Waals surface area contributed by atoms with Gasteiger partial charge in [-0.05, 0) is 85.9 Å². The van der Waals surface area contributed by atoms with E-state index in [1.807, 2.05) is 6.08 Å². The van der Waals surface area contributed by atoms with Gasteiger partial charge in [-0.3, -0.25) is 0 Å². The summed E-state index contributed by atoms with van der Waals surface area (Å²) < 4.78 is 0. The molecule has 0 bridgehead atoms. The van der Waals surface area contributed by atoms with Crippen LogP contribution in [0.15, 0.2) is 24.3 Å². The molecule has 2 heteroatoms. The van der Waals surface area contributed by atoms with Crippen molar-refractivity contribution in [1.82, 2.24) is 0 Å². The molecule has 0 aliphatic heterocycles. The van der Waals surface area contributed by atoms with E-state index in [9.17, 15) is 10.2 Å². The van der Waals surface area contributed by atoms with Gasteiger partial charge >= 0.3 is 0 Å². The Balaban J connectivity index is 1.65. The Morgan fingerprint density at radius 2 is 2.00 bits per heavy atom. The second-order valence-corrected chi connectivity index (χ2v) is 9.66. The van der Waals surface area contributed by atoms with E-state index >= 15 is 0 Å². The van der Waals surface area contributed by atoms with Crippen molar-refractivity contribution in [2.75, 3.05) is 0 Å². The van der Waals surface area contributed by atoms with Crippen LogP contribution in [0.5, 0.6) is 0 Å². The number of aliphatic hydroxyl groups is 2. The van der Waals surface area contributed by atoms with Crippen molar-refractivity contribution >= 4 is 0 Å². The monoisotopic (exact) mass is 330 g/mol. The maximum atomic E-state index is 10.6. The fourth-order valence-electron chi connectivity index (χ4n) is 7.26. The summed E-state index contributed by atoms with van der Waals surface area (Å²) in [4.78, 5) is 0. The molecule has 4 aliphatic rings. The first-order chi connectivity index (χ1) is 11.4. The molecule has 3 saturated carbocycles. The first-order valence-corrected chi connectivity index (χ1v) is 10.1. The van der Waals surface area contributed by atoms with E-state index in [1.165, 1.54) is 31.3 Å². The number of allylic oxidation sites excluding steroid dienone is 2. The van der Waals surface area contributed by atoms with Crippen LogP contribution in [0.2, 0.25) is 0 Å². The molecule has 0 heterocycles. The molecular weight excluding hydrogens is 296 g/mol. The molecule has 0 unspecified atom stereocenters. The molecule has 0 radical (unpaired) electrons. The maximum Gasteiger partial charge on any atom is 0.0608 e. The van der Waals surface area contributed by atoms with Gasteiger partial charge in [0.25, 0.3) is 0 Å². The highest BCUT2D eigenvalue weighted by Crippen LogP contribution is 2.65. The SMILES string of the molecule is C=CC[C@@H]1C[C@@]2(C)C(=CC[C@H]3[C@@H]4CC[C@H](O)[C@@]4(C)CC[C@@H]32)C[C@H]1O. The van der Waals surface area contributed by atoms with Crippen LogP contribution in [0.4, 0.5) is 0 Å². The molecule has 0 spiro atoms. The Morgan fingerprint density at radius 1 is 1.21 bits per heavy atom. The van der Waals surface area contributed by atoms with Gasteiger partial charge in [-0.25, -0.2) is 0 Å². The molecule has 8 atom stereocenters. The molecular formula is C22H34O2. The van der Waals surface area contributed by atoms with Gasteiger partial charge in [-0.2, -0.15) is 0 Å². The summed E-state index contributed by atoms with van der Waals surface area (Å²) in [5, 5.41) is 21.1. The predicted octanol–water partition coefficient (Wildman–Crippen LogP) is 4.47. The normalized spacial score (nSPS) is 53.6. The molecule has 134 valence electrons. The number of hydrogen-bond acceptors (Lipinski definition) is 2. The summed E-state index contributed by atoms with van der Waals surface area (Å²) in [6.45, 7) is 8.73. The van der Waals surface area contributed by atoms with Gasteiger partial charge in [-0.1, -0.05) is 31.6 Å². The minimum absolute atomic E-state index is 0.0941.